The number of hydrogen-bond acceptors (Lipinski definition) is 4. The highest BCUT2D eigenvalue weighted by molar-refractivity contribution is 6.99. The lowest BCUT2D eigenvalue weighted by molar-refractivity contribution is -0.157. The third-order valence-electron chi connectivity index (χ3n) is 7.85. The van der Waals surface area contributed by atoms with E-state index in [1.54, 1.807) is 0 Å². The zero-order chi connectivity index (χ0) is 30.3. The largest absolute Gasteiger partial charge is 0.460 e. The molecule has 0 aromatic heterocycles. The molecule has 41 heavy (non-hydrogen) atoms. The van der Waals surface area contributed by atoms with Gasteiger partial charge >= 0.3 is 5.97 Å². The molecule has 222 valence electrons. The van der Waals surface area contributed by atoms with Crippen LogP contribution in [-0.2, 0) is 18.8 Å². The normalized spacial score (nSPS) is 18.2. The van der Waals surface area contributed by atoms with Crippen LogP contribution in [0.3, 0.4) is 0 Å². The first-order chi connectivity index (χ1) is 19.2. The van der Waals surface area contributed by atoms with Crippen molar-refractivity contribution in [3.63, 3.8) is 0 Å². The molecule has 2 aromatic carbocycles. The number of ether oxygens (including phenoxy) is 1. The van der Waals surface area contributed by atoms with Crippen molar-refractivity contribution in [3.8, 4) is 11.8 Å². The van der Waals surface area contributed by atoms with Crippen molar-refractivity contribution < 1.29 is 18.8 Å². The van der Waals surface area contributed by atoms with Crippen LogP contribution in [0, 0.1) is 35.5 Å². The predicted molar refractivity (Wildman–Crippen MR) is 171 cm³/mol. The minimum absolute atomic E-state index is 0.00946. The quantitative estimate of drug-likeness (QED) is 0.126. The van der Waals surface area contributed by atoms with Crippen LogP contribution in [0.1, 0.15) is 87.5 Å². The number of rotatable bonds is 11. The SMILES string of the molecule is CC(C)C[C@H]1C[C@@H](C#CC(=O)[C@H](CCO[Si](c2ccccc2)(c2ccccc2)C(C)(C)C)CC(=O)OC(C)(C)C)C1. The van der Waals surface area contributed by atoms with Gasteiger partial charge in [0.1, 0.15) is 5.60 Å². The second kappa shape index (κ2) is 14.0. The first kappa shape index (κ1) is 32.8. The molecule has 0 radical (unpaired) electrons. The van der Waals surface area contributed by atoms with Gasteiger partial charge in [0.05, 0.1) is 6.42 Å². The monoisotopic (exact) mass is 574 g/mol. The van der Waals surface area contributed by atoms with Crippen molar-refractivity contribution in [2.24, 2.45) is 23.7 Å². The van der Waals surface area contributed by atoms with Gasteiger partial charge in [-0.15, -0.1) is 0 Å². The number of ketones is 1. The Morgan fingerprint density at radius 2 is 1.44 bits per heavy atom. The van der Waals surface area contributed by atoms with Gasteiger partial charge in [-0.25, -0.2) is 0 Å². The summed E-state index contributed by atoms with van der Waals surface area (Å²) in [4.78, 5) is 26.2. The highest BCUT2D eigenvalue weighted by atomic mass is 28.4. The van der Waals surface area contributed by atoms with Crippen molar-refractivity contribution in [2.75, 3.05) is 6.61 Å². The van der Waals surface area contributed by atoms with E-state index in [1.807, 2.05) is 32.9 Å². The maximum absolute atomic E-state index is 13.4. The second-order valence-corrected chi connectivity index (χ2v) is 18.4. The molecule has 5 heteroatoms. The van der Waals surface area contributed by atoms with E-state index in [-0.39, 0.29) is 29.1 Å². The average Bonchev–Trinajstić information content (AvgIpc) is 2.86. The fourth-order valence-electron chi connectivity index (χ4n) is 6.01. The van der Waals surface area contributed by atoms with E-state index in [2.05, 4.69) is 95.0 Å². The first-order valence-electron chi connectivity index (χ1n) is 15.2. The van der Waals surface area contributed by atoms with E-state index in [0.717, 1.165) is 12.8 Å². The highest BCUT2D eigenvalue weighted by Crippen LogP contribution is 2.38. The number of carbonyl (C=O) groups is 2. The number of esters is 1. The summed E-state index contributed by atoms with van der Waals surface area (Å²) in [5.74, 6) is 6.70. The summed E-state index contributed by atoms with van der Waals surface area (Å²) in [6, 6.07) is 20.9. The maximum atomic E-state index is 13.4. The molecule has 0 amide bonds. The van der Waals surface area contributed by atoms with Gasteiger partial charge in [-0.2, -0.15) is 0 Å². The summed E-state index contributed by atoms with van der Waals surface area (Å²) >= 11 is 0. The molecule has 0 heterocycles. The highest BCUT2D eigenvalue weighted by Gasteiger charge is 2.50. The molecule has 0 saturated heterocycles. The fourth-order valence-corrected chi connectivity index (χ4v) is 10.6. The van der Waals surface area contributed by atoms with Gasteiger partial charge in [-0.3, -0.25) is 9.59 Å². The number of carbonyl (C=O) groups excluding carboxylic acids is 2. The topological polar surface area (TPSA) is 52.6 Å². The van der Waals surface area contributed by atoms with Gasteiger partial charge in [0.25, 0.3) is 8.32 Å². The Morgan fingerprint density at radius 1 is 0.902 bits per heavy atom. The Morgan fingerprint density at radius 3 is 1.90 bits per heavy atom. The molecule has 1 fully saturated rings. The summed E-state index contributed by atoms with van der Waals surface area (Å²) in [5.41, 5.74) is -0.612. The summed E-state index contributed by atoms with van der Waals surface area (Å²) in [6.07, 6.45) is 3.76. The van der Waals surface area contributed by atoms with Gasteiger partial charge in [0.2, 0.25) is 5.78 Å². The average molecular weight is 575 g/mol. The van der Waals surface area contributed by atoms with Crippen LogP contribution in [-0.4, -0.2) is 32.3 Å². The molecule has 1 aliphatic rings. The molecule has 3 rings (SSSR count). The zero-order valence-electron chi connectivity index (χ0n) is 26.5. The van der Waals surface area contributed by atoms with Gasteiger partial charge in [0, 0.05) is 18.4 Å². The van der Waals surface area contributed by atoms with Crippen LogP contribution in [0.5, 0.6) is 0 Å². The molecule has 1 aliphatic carbocycles. The summed E-state index contributed by atoms with van der Waals surface area (Å²) in [7, 11) is -2.75. The lowest BCUT2D eigenvalue weighted by Crippen LogP contribution is -2.66. The van der Waals surface area contributed by atoms with Crippen molar-refractivity contribution in [1.82, 2.24) is 0 Å². The standard InChI is InChI=1S/C36H50O4Si/c1-27(2)23-29-24-28(25-29)19-20-33(37)30(26-34(38)40-35(3,4)5)21-22-39-41(36(6,7)8,31-15-11-9-12-16-31)32-17-13-10-14-18-32/h9-18,27-30H,21-26H2,1-8H3/t28-,29+,30-/m1/s1. The molecule has 0 bridgehead atoms. The van der Waals surface area contributed by atoms with Crippen LogP contribution < -0.4 is 10.4 Å². The molecule has 1 atom stereocenters. The Bertz CT molecular complexity index is 1150. The second-order valence-electron chi connectivity index (χ2n) is 14.1. The fraction of sp³-hybridized carbons (Fsp3) is 0.556. The van der Waals surface area contributed by atoms with Crippen molar-refractivity contribution in [1.29, 1.82) is 0 Å². The van der Waals surface area contributed by atoms with Crippen LogP contribution >= 0.6 is 0 Å². The molecule has 0 spiro atoms. The molecule has 0 N–H and O–H groups in total. The van der Waals surface area contributed by atoms with Crippen LogP contribution in [0.15, 0.2) is 60.7 Å². The van der Waals surface area contributed by atoms with Crippen LogP contribution in [0.25, 0.3) is 0 Å². The minimum atomic E-state index is -2.75. The van der Waals surface area contributed by atoms with E-state index in [0.29, 0.717) is 24.9 Å². The summed E-state index contributed by atoms with van der Waals surface area (Å²) in [6.45, 7) is 17.1. The van der Waals surface area contributed by atoms with Gasteiger partial charge in [-0.1, -0.05) is 101 Å². The molecule has 4 nitrogen and oxygen atoms in total. The smallest absolute Gasteiger partial charge is 0.307 e. The third kappa shape index (κ3) is 9.15. The molecule has 0 unspecified atom stereocenters. The Hall–Kier alpha value is -2.68. The zero-order valence-corrected chi connectivity index (χ0v) is 27.5. The molecular formula is C36H50O4Si. The molecule has 2 aromatic rings. The van der Waals surface area contributed by atoms with Crippen molar-refractivity contribution >= 4 is 30.4 Å². The Labute approximate surface area is 249 Å². The van der Waals surface area contributed by atoms with E-state index >= 15 is 0 Å². The summed E-state index contributed by atoms with van der Waals surface area (Å²) < 4.78 is 12.6. The summed E-state index contributed by atoms with van der Waals surface area (Å²) in [5, 5.41) is 2.21. The lowest BCUT2D eigenvalue weighted by Gasteiger charge is -2.43. The van der Waals surface area contributed by atoms with Crippen LogP contribution in [0.2, 0.25) is 5.04 Å². The van der Waals surface area contributed by atoms with Gasteiger partial charge < -0.3 is 9.16 Å². The number of hydrogen-bond donors (Lipinski definition) is 0. The van der Waals surface area contributed by atoms with Crippen LogP contribution in [0.4, 0.5) is 0 Å². The maximum Gasteiger partial charge on any atom is 0.307 e. The van der Waals surface area contributed by atoms with Gasteiger partial charge in [-0.05, 0) is 79.6 Å². The van der Waals surface area contributed by atoms with E-state index in [9.17, 15) is 9.59 Å². The van der Waals surface area contributed by atoms with E-state index in [4.69, 9.17) is 9.16 Å². The van der Waals surface area contributed by atoms with Crippen molar-refractivity contribution in [3.05, 3.63) is 60.7 Å². The van der Waals surface area contributed by atoms with Crippen molar-refractivity contribution in [2.45, 2.75) is 98.1 Å². The third-order valence-corrected chi connectivity index (χ3v) is 12.9. The molecule has 0 aliphatic heterocycles. The number of Topliss-reactive ketones (excluding diaryl/α,β-unsaturated/α-hetero) is 1. The Kier molecular flexibility index (Phi) is 11.2. The molecule has 1 saturated carbocycles. The minimum Gasteiger partial charge on any atom is -0.460 e. The van der Waals surface area contributed by atoms with Gasteiger partial charge in [0.15, 0.2) is 0 Å². The predicted octanol–water partition coefficient (Wildman–Crippen LogP) is 6.95. The lowest BCUT2D eigenvalue weighted by atomic mass is 9.72. The first-order valence-corrected chi connectivity index (χ1v) is 17.1. The van der Waals surface area contributed by atoms with E-state index in [1.165, 1.54) is 16.8 Å². The Balaban J connectivity index is 1.82. The van der Waals surface area contributed by atoms with E-state index < -0.39 is 19.8 Å². The molecular weight excluding hydrogens is 524 g/mol. The number of benzene rings is 2.